The zero-order chi connectivity index (χ0) is 20.6. The zero-order valence-electron chi connectivity index (χ0n) is 16.0. The summed E-state index contributed by atoms with van der Waals surface area (Å²) in [5, 5.41) is 31.3. The number of alkyl halides is 1. The molecule has 0 amide bonds. The van der Waals surface area contributed by atoms with Crippen LogP contribution in [0.25, 0.3) is 0 Å². The molecule has 0 aromatic carbocycles. The van der Waals surface area contributed by atoms with Crippen molar-refractivity contribution in [2.45, 2.75) is 90.4 Å². The number of carbonyl (C=O) groups is 2. The molecule has 0 aromatic heterocycles. The van der Waals surface area contributed by atoms with E-state index in [9.17, 15) is 9.59 Å². The van der Waals surface area contributed by atoms with Crippen LogP contribution in [-0.4, -0.2) is 37.8 Å². The van der Waals surface area contributed by atoms with Gasteiger partial charge in [-0.05, 0) is 19.3 Å². The molecule has 0 aliphatic carbocycles. The van der Waals surface area contributed by atoms with Crippen molar-refractivity contribution in [1.29, 1.82) is 0 Å². The van der Waals surface area contributed by atoms with Gasteiger partial charge in [0.25, 0.3) is 5.09 Å². The molecule has 0 heterocycles. The number of hydrogen-bond donors (Lipinski definition) is 3. The van der Waals surface area contributed by atoms with Gasteiger partial charge in [0, 0.05) is 40.6 Å². The number of hydrogen-bond acceptors (Lipinski definition) is 4. The second kappa shape index (κ2) is 30.1. The second-order valence-corrected chi connectivity index (χ2v) is 6.54. The first kappa shape index (κ1) is 33.9. The Labute approximate surface area is 185 Å². The SMILES string of the molecule is CCCCCCCCC(=O)O.O=C(O)CCCCCCCBr.O=[N+]([O-])O.[Ag]. The molecule has 27 heavy (non-hydrogen) atoms. The Hall–Kier alpha value is -0.640. The van der Waals surface area contributed by atoms with Crippen LogP contribution in [0.3, 0.4) is 0 Å². The van der Waals surface area contributed by atoms with Gasteiger partial charge in [-0.3, -0.25) is 9.59 Å². The Kier molecular flexibility index (Phi) is 37.8. The molecule has 0 aromatic rings. The number of carboxylic acid groups (broad SMARTS) is 2. The summed E-state index contributed by atoms with van der Waals surface area (Å²) in [6, 6.07) is 0. The van der Waals surface area contributed by atoms with Gasteiger partial charge in [-0.1, -0.05) is 74.2 Å². The van der Waals surface area contributed by atoms with Gasteiger partial charge in [0.05, 0.1) is 0 Å². The number of aliphatic carboxylic acids is 2. The van der Waals surface area contributed by atoms with Crippen LogP contribution in [0.5, 0.6) is 0 Å². The molecule has 0 rings (SSSR count). The number of nitrogens with zero attached hydrogens (tertiary/aromatic N) is 1. The molecule has 0 saturated heterocycles. The molecule has 1 radical (unpaired) electrons. The topological polar surface area (TPSA) is 138 Å². The molecule has 8 nitrogen and oxygen atoms in total. The van der Waals surface area contributed by atoms with E-state index in [0.29, 0.717) is 12.8 Å². The van der Waals surface area contributed by atoms with E-state index in [4.69, 9.17) is 25.5 Å². The van der Waals surface area contributed by atoms with Gasteiger partial charge in [-0.15, -0.1) is 10.1 Å². The fraction of sp³-hybridized carbons (Fsp3) is 0.882. The summed E-state index contributed by atoms with van der Waals surface area (Å²) >= 11 is 3.35. The smallest absolute Gasteiger partial charge is 0.303 e. The normalized spacial score (nSPS) is 8.96. The van der Waals surface area contributed by atoms with Crippen molar-refractivity contribution in [3.63, 3.8) is 0 Å². The van der Waals surface area contributed by atoms with E-state index in [-0.39, 0.29) is 22.4 Å². The average molecular weight is 552 g/mol. The van der Waals surface area contributed by atoms with Crippen LogP contribution in [0.15, 0.2) is 0 Å². The molecule has 0 atom stereocenters. The molecule has 0 fully saturated rings. The van der Waals surface area contributed by atoms with Crippen LogP contribution in [-0.2, 0) is 32.0 Å². The van der Waals surface area contributed by atoms with Gasteiger partial charge in [0.15, 0.2) is 0 Å². The molecular formula is C17H34AgBrNO7. The third kappa shape index (κ3) is 58.7. The van der Waals surface area contributed by atoms with Crippen LogP contribution in [0.4, 0.5) is 0 Å². The van der Waals surface area contributed by atoms with Crippen molar-refractivity contribution in [3.05, 3.63) is 10.1 Å². The molecule has 0 aliphatic heterocycles. The summed E-state index contributed by atoms with van der Waals surface area (Å²) in [5.74, 6) is -1.34. The van der Waals surface area contributed by atoms with E-state index >= 15 is 0 Å². The number of halogens is 1. The minimum absolute atomic E-state index is 0. The molecule has 167 valence electrons. The standard InChI is InChI=1S/C9H18O2.C8H15BrO2.Ag.HNO3/c1-2-3-4-5-6-7-8-9(10)11;9-7-5-3-1-2-4-6-8(10)11;;2-1(3)4/h2-8H2,1H3,(H,10,11);1-7H2,(H,10,11);;(H,2,3,4). The summed E-state index contributed by atoms with van der Waals surface area (Å²) in [4.78, 5) is 28.5. The first-order valence-corrected chi connectivity index (χ1v) is 10.2. The van der Waals surface area contributed by atoms with Gasteiger partial charge in [-0.2, -0.15) is 0 Å². The predicted octanol–water partition coefficient (Wildman–Crippen LogP) is 5.28. The minimum atomic E-state index is -1.50. The molecule has 0 unspecified atom stereocenters. The van der Waals surface area contributed by atoms with Crippen LogP contribution in [0, 0.1) is 10.1 Å². The molecule has 10 heteroatoms. The monoisotopic (exact) mass is 550 g/mol. The van der Waals surface area contributed by atoms with E-state index in [0.717, 1.165) is 31.0 Å². The second-order valence-electron chi connectivity index (χ2n) is 5.75. The third-order valence-corrected chi connectivity index (χ3v) is 3.83. The average Bonchev–Trinajstić information content (AvgIpc) is 2.54. The predicted molar refractivity (Wildman–Crippen MR) is 104 cm³/mol. The fourth-order valence-corrected chi connectivity index (χ4v) is 2.35. The van der Waals surface area contributed by atoms with E-state index < -0.39 is 17.0 Å². The van der Waals surface area contributed by atoms with Crippen molar-refractivity contribution >= 4 is 27.9 Å². The van der Waals surface area contributed by atoms with E-state index in [2.05, 4.69) is 22.9 Å². The molecule has 0 saturated carbocycles. The van der Waals surface area contributed by atoms with Gasteiger partial charge >= 0.3 is 11.9 Å². The third-order valence-electron chi connectivity index (χ3n) is 3.27. The number of carboxylic acids is 2. The van der Waals surface area contributed by atoms with Crippen LogP contribution >= 0.6 is 15.9 Å². The summed E-state index contributed by atoms with van der Waals surface area (Å²) in [6.07, 6.45) is 13.0. The Morgan fingerprint density at radius 2 is 1.11 bits per heavy atom. The molecule has 3 N–H and O–H groups in total. The van der Waals surface area contributed by atoms with Crippen molar-refractivity contribution in [3.8, 4) is 0 Å². The summed E-state index contributed by atoms with van der Waals surface area (Å²) < 4.78 is 0. The van der Waals surface area contributed by atoms with Crippen LogP contribution in [0.1, 0.15) is 90.4 Å². The maximum Gasteiger partial charge on any atom is 0.303 e. The molecule has 0 spiro atoms. The van der Waals surface area contributed by atoms with E-state index in [1.807, 2.05) is 0 Å². The Bertz CT molecular complexity index is 317. The quantitative estimate of drug-likeness (QED) is 0.0877. The van der Waals surface area contributed by atoms with Crippen molar-refractivity contribution in [1.82, 2.24) is 0 Å². The summed E-state index contributed by atoms with van der Waals surface area (Å²) in [6.45, 7) is 2.18. The fourth-order valence-electron chi connectivity index (χ4n) is 1.96. The van der Waals surface area contributed by atoms with Crippen molar-refractivity contribution < 1.29 is 52.5 Å². The zero-order valence-corrected chi connectivity index (χ0v) is 19.1. The van der Waals surface area contributed by atoms with Crippen LogP contribution in [0.2, 0.25) is 0 Å². The Morgan fingerprint density at radius 3 is 1.41 bits per heavy atom. The maximum absolute atomic E-state index is 10.1. The first-order chi connectivity index (χ1) is 12.3. The minimum Gasteiger partial charge on any atom is -0.481 e. The first-order valence-electron chi connectivity index (χ1n) is 9.10. The van der Waals surface area contributed by atoms with Crippen LogP contribution < -0.4 is 0 Å². The van der Waals surface area contributed by atoms with Crippen molar-refractivity contribution in [2.75, 3.05) is 5.33 Å². The van der Waals surface area contributed by atoms with Gasteiger partial charge in [-0.25, -0.2) is 0 Å². The largest absolute Gasteiger partial charge is 0.481 e. The van der Waals surface area contributed by atoms with Gasteiger partial charge in [0.2, 0.25) is 0 Å². The molecular weight excluding hydrogens is 518 g/mol. The summed E-state index contributed by atoms with van der Waals surface area (Å²) in [5.41, 5.74) is 0. The van der Waals surface area contributed by atoms with Gasteiger partial charge in [0.1, 0.15) is 0 Å². The Balaban J connectivity index is -0.000000159. The maximum atomic E-state index is 10.1. The van der Waals surface area contributed by atoms with Gasteiger partial charge < -0.3 is 15.4 Å². The van der Waals surface area contributed by atoms with E-state index in [1.165, 1.54) is 44.9 Å². The Morgan fingerprint density at radius 1 is 0.815 bits per heavy atom. The summed E-state index contributed by atoms with van der Waals surface area (Å²) in [7, 11) is 0. The number of rotatable bonds is 14. The number of unbranched alkanes of at least 4 members (excludes halogenated alkanes) is 9. The molecule has 0 aliphatic rings. The van der Waals surface area contributed by atoms with E-state index in [1.54, 1.807) is 0 Å². The molecule has 0 bridgehead atoms. The van der Waals surface area contributed by atoms with Crippen molar-refractivity contribution in [2.24, 2.45) is 0 Å².